The van der Waals surface area contributed by atoms with Crippen LogP contribution < -0.4 is 0 Å². The third-order valence-electron chi connectivity index (χ3n) is 5.88. The van der Waals surface area contributed by atoms with Crippen LogP contribution >= 0.6 is 15.9 Å². The molecule has 0 spiro atoms. The van der Waals surface area contributed by atoms with E-state index in [1.165, 1.54) is 32.1 Å². The van der Waals surface area contributed by atoms with E-state index in [1.807, 2.05) is 11.7 Å². The van der Waals surface area contributed by atoms with Crippen molar-refractivity contribution in [1.29, 1.82) is 0 Å². The molecule has 4 heteroatoms. The molecule has 104 valence electrons. The Bertz CT molecular complexity index is 451. The summed E-state index contributed by atoms with van der Waals surface area (Å²) >= 11 is 3.54. The zero-order valence-electron chi connectivity index (χ0n) is 11.3. The molecule has 0 amide bonds. The van der Waals surface area contributed by atoms with Crippen molar-refractivity contribution in [3.63, 3.8) is 0 Å². The maximum atomic E-state index is 10.9. The molecule has 1 aromatic rings. The highest BCUT2D eigenvalue weighted by Crippen LogP contribution is 2.59. The molecule has 0 saturated heterocycles. The van der Waals surface area contributed by atoms with Crippen molar-refractivity contribution >= 4 is 15.9 Å². The summed E-state index contributed by atoms with van der Waals surface area (Å²) in [5.74, 6) is 3.86. The van der Waals surface area contributed by atoms with Crippen LogP contribution in [0.5, 0.6) is 0 Å². The van der Waals surface area contributed by atoms with Crippen molar-refractivity contribution in [3.05, 3.63) is 16.4 Å². The molecule has 1 N–H and O–H groups in total. The maximum Gasteiger partial charge on any atom is 0.100 e. The highest BCUT2D eigenvalue weighted by Gasteiger charge is 2.51. The number of rotatable bonds is 2. The lowest BCUT2D eigenvalue weighted by molar-refractivity contribution is -0.0929. The molecule has 5 rings (SSSR count). The minimum atomic E-state index is -0.350. The molecular weight excluding hydrogens is 304 g/mol. The lowest BCUT2D eigenvalue weighted by Crippen LogP contribution is -2.47. The molecule has 0 aliphatic heterocycles. The van der Waals surface area contributed by atoms with E-state index in [0.29, 0.717) is 5.92 Å². The summed E-state index contributed by atoms with van der Waals surface area (Å²) < 4.78 is 2.79. The van der Waals surface area contributed by atoms with Gasteiger partial charge in [0.15, 0.2) is 0 Å². The summed E-state index contributed by atoms with van der Waals surface area (Å²) in [7, 11) is 1.93. The molecule has 4 aliphatic carbocycles. The molecule has 3 nitrogen and oxygen atoms in total. The zero-order chi connectivity index (χ0) is 13.1. The third-order valence-corrected chi connectivity index (χ3v) is 6.49. The summed E-state index contributed by atoms with van der Waals surface area (Å²) in [6.45, 7) is 0. The van der Waals surface area contributed by atoms with Gasteiger partial charge in [-0.25, -0.2) is 0 Å². The first kappa shape index (κ1) is 12.4. The minimum Gasteiger partial charge on any atom is -0.386 e. The molecule has 0 aromatic carbocycles. The van der Waals surface area contributed by atoms with Gasteiger partial charge in [-0.3, -0.25) is 4.68 Å². The van der Waals surface area contributed by atoms with Crippen LogP contribution in [0.1, 0.15) is 43.9 Å². The number of halogens is 1. The van der Waals surface area contributed by atoms with Crippen LogP contribution in [0.3, 0.4) is 0 Å². The van der Waals surface area contributed by atoms with E-state index in [2.05, 4.69) is 21.0 Å². The Labute approximate surface area is 122 Å². The third kappa shape index (κ3) is 1.83. The normalized spacial score (nSPS) is 41.7. The van der Waals surface area contributed by atoms with Gasteiger partial charge in [0, 0.05) is 7.05 Å². The van der Waals surface area contributed by atoms with Crippen molar-refractivity contribution in [3.8, 4) is 0 Å². The number of aromatic nitrogens is 2. The van der Waals surface area contributed by atoms with Crippen molar-refractivity contribution < 1.29 is 5.11 Å². The highest BCUT2D eigenvalue weighted by molar-refractivity contribution is 9.10. The Hall–Kier alpha value is -0.350. The molecule has 1 unspecified atom stereocenters. The van der Waals surface area contributed by atoms with E-state index >= 15 is 0 Å². The van der Waals surface area contributed by atoms with Crippen molar-refractivity contribution in [2.24, 2.45) is 36.6 Å². The van der Waals surface area contributed by atoms with E-state index in [-0.39, 0.29) is 6.10 Å². The Morgan fingerprint density at radius 1 is 1.21 bits per heavy atom. The van der Waals surface area contributed by atoms with Gasteiger partial charge in [0.05, 0.1) is 16.4 Å². The predicted molar refractivity (Wildman–Crippen MR) is 76.4 cm³/mol. The smallest absolute Gasteiger partial charge is 0.100 e. The quantitative estimate of drug-likeness (QED) is 0.906. The molecule has 0 radical (unpaired) electrons. The van der Waals surface area contributed by atoms with Crippen molar-refractivity contribution in [2.75, 3.05) is 0 Å². The van der Waals surface area contributed by atoms with Crippen LogP contribution in [0.4, 0.5) is 0 Å². The van der Waals surface area contributed by atoms with Crippen molar-refractivity contribution in [1.82, 2.24) is 9.78 Å². The molecule has 4 saturated carbocycles. The summed E-state index contributed by atoms with van der Waals surface area (Å²) in [4.78, 5) is 0. The summed E-state index contributed by atoms with van der Waals surface area (Å²) in [6.07, 6.45) is 8.32. The lowest BCUT2D eigenvalue weighted by atomic mass is 9.50. The van der Waals surface area contributed by atoms with Gasteiger partial charge in [-0.2, -0.15) is 5.10 Å². The van der Waals surface area contributed by atoms with E-state index in [9.17, 15) is 5.11 Å². The topological polar surface area (TPSA) is 38.0 Å². The van der Waals surface area contributed by atoms with E-state index in [0.717, 1.165) is 33.8 Å². The second kappa shape index (κ2) is 4.32. The fraction of sp³-hybridized carbons (Fsp3) is 0.800. The van der Waals surface area contributed by atoms with Crippen LogP contribution in [-0.4, -0.2) is 14.9 Å². The Balaban J connectivity index is 1.66. The standard InChI is InChI=1S/C15H21BrN2O/c1-18-14(12(16)7-17-18)15(19)13-10-3-8-2-9(5-10)6-11(13)4-8/h7-11,13,15,19H,2-6H2,1H3. The first-order valence-electron chi connectivity index (χ1n) is 7.49. The van der Waals surface area contributed by atoms with Crippen LogP contribution in [0.25, 0.3) is 0 Å². The van der Waals surface area contributed by atoms with Crippen LogP contribution in [0, 0.1) is 29.6 Å². The second-order valence-electron chi connectivity index (χ2n) is 6.95. The van der Waals surface area contributed by atoms with Crippen LogP contribution in [0.15, 0.2) is 10.7 Å². The van der Waals surface area contributed by atoms with E-state index < -0.39 is 0 Å². The van der Waals surface area contributed by atoms with Gasteiger partial charge in [0.2, 0.25) is 0 Å². The molecule has 4 bridgehead atoms. The largest absolute Gasteiger partial charge is 0.386 e. The molecule has 19 heavy (non-hydrogen) atoms. The summed E-state index contributed by atoms with van der Waals surface area (Å²) in [5.41, 5.74) is 0.970. The highest BCUT2D eigenvalue weighted by atomic mass is 79.9. The summed E-state index contributed by atoms with van der Waals surface area (Å²) in [5, 5.41) is 15.2. The van der Waals surface area contributed by atoms with Gasteiger partial charge in [0.1, 0.15) is 6.10 Å². The SMILES string of the molecule is Cn1ncc(Br)c1C(O)C1C2CC3CC(C2)CC1C3. The van der Waals surface area contributed by atoms with E-state index in [4.69, 9.17) is 0 Å². The number of aliphatic hydroxyl groups is 1. The summed E-state index contributed by atoms with van der Waals surface area (Å²) in [6, 6.07) is 0. The number of hydrogen-bond donors (Lipinski definition) is 1. The molecular formula is C15H21BrN2O. The molecule has 4 aliphatic rings. The first-order valence-corrected chi connectivity index (χ1v) is 8.28. The lowest BCUT2D eigenvalue weighted by Gasteiger charge is -2.55. The van der Waals surface area contributed by atoms with Gasteiger partial charge >= 0.3 is 0 Å². The molecule has 4 fully saturated rings. The zero-order valence-corrected chi connectivity index (χ0v) is 12.9. The number of nitrogens with zero attached hydrogens (tertiary/aromatic N) is 2. The van der Waals surface area contributed by atoms with Crippen molar-refractivity contribution in [2.45, 2.75) is 38.2 Å². The maximum absolute atomic E-state index is 10.9. The van der Waals surface area contributed by atoms with Gasteiger partial charge in [-0.05, 0) is 77.6 Å². The Morgan fingerprint density at radius 2 is 1.79 bits per heavy atom. The molecule has 1 atom stereocenters. The molecule has 1 aromatic heterocycles. The second-order valence-corrected chi connectivity index (χ2v) is 7.81. The van der Waals surface area contributed by atoms with Gasteiger partial charge in [-0.1, -0.05) is 0 Å². The average Bonchev–Trinajstić information content (AvgIpc) is 2.67. The van der Waals surface area contributed by atoms with Gasteiger partial charge < -0.3 is 5.11 Å². The van der Waals surface area contributed by atoms with Crippen LogP contribution in [0.2, 0.25) is 0 Å². The molecule has 1 heterocycles. The van der Waals surface area contributed by atoms with Crippen LogP contribution in [-0.2, 0) is 7.05 Å². The Kier molecular flexibility index (Phi) is 2.82. The van der Waals surface area contributed by atoms with Gasteiger partial charge in [0.25, 0.3) is 0 Å². The van der Waals surface area contributed by atoms with E-state index in [1.54, 1.807) is 6.20 Å². The monoisotopic (exact) mass is 324 g/mol. The fourth-order valence-electron chi connectivity index (χ4n) is 5.42. The number of aliphatic hydroxyl groups excluding tert-OH is 1. The average molecular weight is 325 g/mol. The number of aryl methyl sites for hydroxylation is 1. The first-order chi connectivity index (χ1) is 9.13. The number of hydrogen-bond acceptors (Lipinski definition) is 2. The van der Waals surface area contributed by atoms with Gasteiger partial charge in [-0.15, -0.1) is 0 Å². The fourth-order valence-corrected chi connectivity index (χ4v) is 6.00. The predicted octanol–water partition coefficient (Wildman–Crippen LogP) is 3.29. The minimum absolute atomic E-state index is 0.350. The Morgan fingerprint density at radius 3 is 2.26 bits per heavy atom.